The van der Waals surface area contributed by atoms with Gasteiger partial charge in [-0.2, -0.15) is 4.31 Å². The van der Waals surface area contributed by atoms with E-state index < -0.39 is 10.0 Å². The molecule has 0 aromatic heterocycles. The Bertz CT molecular complexity index is 734. The molecule has 1 aromatic rings. The van der Waals surface area contributed by atoms with Crippen molar-refractivity contribution in [3.05, 3.63) is 29.8 Å². The summed E-state index contributed by atoms with van der Waals surface area (Å²) < 4.78 is 30.7. The van der Waals surface area contributed by atoms with Crippen LogP contribution < -0.4 is 4.74 Å². The number of fused-ring (bicyclic) bond motifs is 4. The second kappa shape index (κ2) is 7.33. The first-order valence-corrected chi connectivity index (χ1v) is 10.6. The SMILES string of the molecule is COc1ccccc1CCC(=O)N1C[C@H]2CC[C@@H]1CN(S(C)(=O)=O)C2. The molecular weight excluding hydrogens is 340 g/mol. The number of carbonyl (C=O) groups is 1. The second-order valence-corrected chi connectivity index (χ2v) is 9.02. The molecule has 0 unspecified atom stereocenters. The van der Waals surface area contributed by atoms with Crippen molar-refractivity contribution < 1.29 is 17.9 Å². The minimum atomic E-state index is -3.21. The standard InChI is InChI=1S/C18H26N2O4S/c1-24-17-6-4-3-5-15(17)8-10-18(21)20-12-14-7-9-16(20)13-19(11-14)25(2,22)23/h3-6,14,16H,7-13H2,1-2H3/t14-,16+/m0/s1. The molecule has 3 fully saturated rings. The lowest BCUT2D eigenvalue weighted by molar-refractivity contribution is -0.135. The van der Waals surface area contributed by atoms with Gasteiger partial charge in [0.1, 0.15) is 5.75 Å². The summed E-state index contributed by atoms with van der Waals surface area (Å²) in [4.78, 5) is 14.7. The molecule has 7 heteroatoms. The van der Waals surface area contributed by atoms with Crippen molar-refractivity contribution in [1.29, 1.82) is 0 Å². The maximum Gasteiger partial charge on any atom is 0.223 e. The average Bonchev–Trinajstić information content (AvgIpc) is 2.92. The molecule has 0 radical (unpaired) electrons. The summed E-state index contributed by atoms with van der Waals surface area (Å²) in [5.74, 6) is 1.15. The Balaban J connectivity index is 1.67. The van der Waals surface area contributed by atoms with Gasteiger partial charge in [-0.15, -0.1) is 0 Å². The number of amides is 1. The minimum absolute atomic E-state index is 0.00126. The minimum Gasteiger partial charge on any atom is -0.496 e. The Hall–Kier alpha value is -1.60. The molecular formula is C18H26N2O4S. The van der Waals surface area contributed by atoms with Crippen LogP contribution in [0.2, 0.25) is 0 Å². The number of hydrogen-bond acceptors (Lipinski definition) is 4. The summed E-state index contributed by atoms with van der Waals surface area (Å²) in [5.41, 5.74) is 1.02. The lowest BCUT2D eigenvalue weighted by atomic mass is 9.94. The summed E-state index contributed by atoms with van der Waals surface area (Å²) >= 11 is 0. The normalized spacial score (nSPS) is 24.2. The molecule has 0 saturated carbocycles. The number of aryl methyl sites for hydroxylation is 1. The predicted octanol–water partition coefficient (Wildman–Crippen LogP) is 1.51. The highest BCUT2D eigenvalue weighted by atomic mass is 32.2. The summed E-state index contributed by atoms with van der Waals surface area (Å²) in [6.07, 6.45) is 4.19. The molecule has 3 saturated heterocycles. The summed E-state index contributed by atoms with van der Waals surface area (Å²) in [6, 6.07) is 7.74. The van der Waals surface area contributed by atoms with Gasteiger partial charge >= 0.3 is 0 Å². The van der Waals surface area contributed by atoms with Gasteiger partial charge in [0.2, 0.25) is 15.9 Å². The van der Waals surface area contributed by atoms with E-state index in [0.717, 1.165) is 24.2 Å². The summed E-state index contributed by atoms with van der Waals surface area (Å²) in [7, 11) is -1.58. The topological polar surface area (TPSA) is 66.9 Å². The lowest BCUT2D eigenvalue weighted by Gasteiger charge is -2.36. The largest absolute Gasteiger partial charge is 0.496 e. The number of methoxy groups -OCH3 is 1. The van der Waals surface area contributed by atoms with E-state index >= 15 is 0 Å². The van der Waals surface area contributed by atoms with Crippen LogP contribution in [0, 0.1) is 5.92 Å². The molecule has 138 valence electrons. The third-order valence-corrected chi connectivity index (χ3v) is 6.51. The van der Waals surface area contributed by atoms with Crippen LogP contribution in [0.5, 0.6) is 5.75 Å². The van der Waals surface area contributed by atoms with Crippen molar-refractivity contribution in [3.8, 4) is 5.75 Å². The quantitative estimate of drug-likeness (QED) is 0.792. The third-order valence-electron chi connectivity index (χ3n) is 5.27. The number of ether oxygens (including phenoxy) is 1. The van der Waals surface area contributed by atoms with Crippen LogP contribution in [-0.4, -0.2) is 62.6 Å². The van der Waals surface area contributed by atoms with Crippen molar-refractivity contribution in [3.63, 3.8) is 0 Å². The van der Waals surface area contributed by atoms with Crippen LogP contribution in [0.3, 0.4) is 0 Å². The van der Waals surface area contributed by atoms with Crippen molar-refractivity contribution >= 4 is 15.9 Å². The van der Waals surface area contributed by atoms with Crippen molar-refractivity contribution in [2.24, 2.45) is 5.92 Å². The van der Waals surface area contributed by atoms with Crippen LogP contribution in [0.4, 0.5) is 0 Å². The van der Waals surface area contributed by atoms with E-state index in [1.165, 1.54) is 6.26 Å². The molecule has 1 amide bonds. The highest BCUT2D eigenvalue weighted by molar-refractivity contribution is 7.88. The maximum absolute atomic E-state index is 12.8. The number of piperidine rings is 1. The van der Waals surface area contributed by atoms with Crippen LogP contribution >= 0.6 is 0 Å². The number of sulfonamides is 1. The van der Waals surface area contributed by atoms with E-state index in [9.17, 15) is 13.2 Å². The van der Waals surface area contributed by atoms with Crippen LogP contribution in [0.15, 0.2) is 24.3 Å². The van der Waals surface area contributed by atoms with Gasteiger partial charge in [0.05, 0.1) is 13.4 Å². The molecule has 3 aliphatic rings. The Kier molecular flexibility index (Phi) is 5.34. The Morgan fingerprint density at radius 3 is 2.68 bits per heavy atom. The fourth-order valence-electron chi connectivity index (χ4n) is 3.91. The molecule has 4 rings (SSSR count). The first-order chi connectivity index (χ1) is 11.9. The zero-order valence-corrected chi connectivity index (χ0v) is 15.7. The van der Waals surface area contributed by atoms with Crippen LogP contribution in [0.1, 0.15) is 24.8 Å². The Morgan fingerprint density at radius 1 is 1.20 bits per heavy atom. The molecule has 3 heterocycles. The third kappa shape index (κ3) is 4.15. The fourth-order valence-corrected chi connectivity index (χ4v) is 4.83. The smallest absolute Gasteiger partial charge is 0.223 e. The Labute approximate surface area is 149 Å². The van der Waals surface area contributed by atoms with Gasteiger partial charge in [0.25, 0.3) is 0 Å². The fraction of sp³-hybridized carbons (Fsp3) is 0.611. The van der Waals surface area contributed by atoms with Crippen molar-refractivity contribution in [1.82, 2.24) is 9.21 Å². The van der Waals surface area contributed by atoms with Gasteiger partial charge in [-0.05, 0) is 36.8 Å². The Morgan fingerprint density at radius 2 is 1.96 bits per heavy atom. The molecule has 1 aromatic carbocycles. The van der Waals surface area contributed by atoms with Crippen molar-refractivity contribution in [2.75, 3.05) is 33.0 Å². The number of rotatable bonds is 5. The highest BCUT2D eigenvalue weighted by Gasteiger charge is 2.39. The number of benzene rings is 1. The second-order valence-electron chi connectivity index (χ2n) is 7.04. The van der Waals surface area contributed by atoms with E-state index in [-0.39, 0.29) is 17.9 Å². The van der Waals surface area contributed by atoms with Crippen LogP contribution in [-0.2, 0) is 21.2 Å². The molecule has 3 aliphatic heterocycles. The molecule has 2 atom stereocenters. The monoisotopic (exact) mass is 366 g/mol. The molecule has 25 heavy (non-hydrogen) atoms. The van der Waals surface area contributed by atoms with Gasteiger partial charge in [-0.25, -0.2) is 8.42 Å². The summed E-state index contributed by atoms with van der Waals surface area (Å²) in [6.45, 7) is 1.63. The molecule has 0 N–H and O–H groups in total. The maximum atomic E-state index is 12.8. The van der Waals surface area contributed by atoms with Gasteiger partial charge < -0.3 is 9.64 Å². The first-order valence-electron chi connectivity index (χ1n) is 8.75. The molecule has 2 bridgehead atoms. The highest BCUT2D eigenvalue weighted by Crippen LogP contribution is 2.30. The molecule has 6 nitrogen and oxygen atoms in total. The van der Waals surface area contributed by atoms with Gasteiger partial charge in [0.15, 0.2) is 0 Å². The average molecular weight is 366 g/mol. The number of hydrogen-bond donors (Lipinski definition) is 0. The lowest BCUT2D eigenvalue weighted by Crippen LogP contribution is -2.47. The number of nitrogens with zero attached hydrogens (tertiary/aromatic N) is 2. The van der Waals surface area contributed by atoms with E-state index in [0.29, 0.717) is 32.5 Å². The summed E-state index contributed by atoms with van der Waals surface area (Å²) in [5, 5.41) is 0. The van der Waals surface area contributed by atoms with E-state index in [2.05, 4.69) is 0 Å². The molecule has 0 spiro atoms. The van der Waals surface area contributed by atoms with Gasteiger partial charge in [0, 0.05) is 32.1 Å². The van der Waals surface area contributed by atoms with E-state index in [1.54, 1.807) is 11.4 Å². The van der Waals surface area contributed by atoms with Gasteiger partial charge in [-0.1, -0.05) is 18.2 Å². The first kappa shape index (κ1) is 18.2. The molecule has 0 aliphatic carbocycles. The predicted molar refractivity (Wildman–Crippen MR) is 96.0 cm³/mol. The van der Waals surface area contributed by atoms with Crippen molar-refractivity contribution in [2.45, 2.75) is 31.7 Å². The van der Waals surface area contributed by atoms with E-state index in [1.807, 2.05) is 29.2 Å². The number of carbonyl (C=O) groups excluding carboxylic acids is 1. The van der Waals surface area contributed by atoms with E-state index in [4.69, 9.17) is 4.74 Å². The van der Waals surface area contributed by atoms with Gasteiger partial charge in [-0.3, -0.25) is 4.79 Å². The zero-order chi connectivity index (χ0) is 18.0. The zero-order valence-electron chi connectivity index (χ0n) is 14.8. The number of para-hydroxylation sites is 1. The van der Waals surface area contributed by atoms with Crippen LogP contribution in [0.25, 0.3) is 0 Å².